The Morgan fingerprint density at radius 1 is 1.12 bits per heavy atom. The van der Waals surface area contributed by atoms with Gasteiger partial charge in [0.05, 0.1) is 5.56 Å². The Morgan fingerprint density at radius 3 is 2.72 bits per heavy atom. The SMILES string of the molecule is Cc1c2c(cc3c1O/C(=C\c1ccccc1Br)C3=O)CN(Cc1ccc(Cl)cc1Cl)CO2. The molecule has 0 bridgehead atoms. The van der Waals surface area contributed by atoms with E-state index < -0.39 is 0 Å². The zero-order chi connectivity index (χ0) is 22.4. The summed E-state index contributed by atoms with van der Waals surface area (Å²) < 4.78 is 13.0. The van der Waals surface area contributed by atoms with Crippen molar-refractivity contribution in [3.63, 3.8) is 0 Å². The van der Waals surface area contributed by atoms with Gasteiger partial charge in [0.1, 0.15) is 18.2 Å². The van der Waals surface area contributed by atoms with Crippen molar-refractivity contribution in [1.29, 1.82) is 0 Å². The number of ether oxygens (including phenoxy) is 2. The van der Waals surface area contributed by atoms with Crippen molar-refractivity contribution in [2.75, 3.05) is 6.73 Å². The zero-order valence-electron chi connectivity index (χ0n) is 17.1. The van der Waals surface area contributed by atoms with Gasteiger partial charge in [-0.25, -0.2) is 0 Å². The number of allylic oxidation sites excluding steroid dienone is 1. The smallest absolute Gasteiger partial charge is 0.231 e. The Labute approximate surface area is 204 Å². The molecule has 4 nitrogen and oxygen atoms in total. The van der Waals surface area contributed by atoms with Gasteiger partial charge in [-0.3, -0.25) is 9.69 Å². The Morgan fingerprint density at radius 2 is 1.94 bits per heavy atom. The molecule has 32 heavy (non-hydrogen) atoms. The molecule has 2 aliphatic heterocycles. The predicted octanol–water partition coefficient (Wildman–Crippen LogP) is 7.03. The summed E-state index contributed by atoms with van der Waals surface area (Å²) in [6.45, 7) is 3.60. The molecule has 5 rings (SSSR count). The van der Waals surface area contributed by atoms with Gasteiger partial charge in [0, 0.05) is 38.7 Å². The molecule has 0 unspecified atom stereocenters. The lowest BCUT2D eigenvalue weighted by atomic mass is 10.00. The monoisotopic (exact) mass is 529 g/mol. The predicted molar refractivity (Wildman–Crippen MR) is 129 cm³/mol. The number of benzene rings is 3. The summed E-state index contributed by atoms with van der Waals surface area (Å²) in [6, 6.07) is 15.1. The molecule has 0 saturated heterocycles. The molecule has 0 aliphatic carbocycles. The Balaban J connectivity index is 1.43. The molecular weight excluding hydrogens is 513 g/mol. The van der Waals surface area contributed by atoms with Crippen molar-refractivity contribution in [3.8, 4) is 11.5 Å². The Bertz CT molecular complexity index is 1290. The third kappa shape index (κ3) is 3.95. The molecule has 0 atom stereocenters. The average molecular weight is 531 g/mol. The molecule has 0 fully saturated rings. The largest absolute Gasteiger partial charge is 0.477 e. The second-order valence-corrected chi connectivity index (χ2v) is 9.52. The Hall–Kier alpha value is -2.31. The van der Waals surface area contributed by atoms with Crippen LogP contribution in [0.4, 0.5) is 0 Å². The number of carbonyl (C=O) groups excluding carboxylic acids is 1. The molecule has 7 heteroatoms. The molecule has 2 aliphatic rings. The van der Waals surface area contributed by atoms with Crippen molar-refractivity contribution in [2.24, 2.45) is 0 Å². The van der Waals surface area contributed by atoms with E-state index >= 15 is 0 Å². The number of hydrogen-bond acceptors (Lipinski definition) is 4. The van der Waals surface area contributed by atoms with Crippen molar-refractivity contribution in [2.45, 2.75) is 20.0 Å². The molecule has 2 heterocycles. The van der Waals surface area contributed by atoms with E-state index in [0.717, 1.165) is 32.5 Å². The molecule has 0 saturated carbocycles. The van der Waals surface area contributed by atoms with E-state index in [9.17, 15) is 4.79 Å². The van der Waals surface area contributed by atoms with Gasteiger partial charge in [-0.15, -0.1) is 0 Å². The summed E-state index contributed by atoms with van der Waals surface area (Å²) in [5.74, 6) is 1.53. The minimum Gasteiger partial charge on any atom is -0.477 e. The van der Waals surface area contributed by atoms with Crippen LogP contribution in [0.15, 0.2) is 58.8 Å². The highest BCUT2D eigenvalue weighted by molar-refractivity contribution is 9.10. The lowest BCUT2D eigenvalue weighted by molar-refractivity contribution is 0.0877. The maximum Gasteiger partial charge on any atom is 0.231 e. The number of fused-ring (bicyclic) bond motifs is 2. The van der Waals surface area contributed by atoms with Crippen LogP contribution in [-0.2, 0) is 13.1 Å². The lowest BCUT2D eigenvalue weighted by Crippen LogP contribution is -2.32. The third-order valence-electron chi connectivity index (χ3n) is 5.60. The molecule has 0 N–H and O–H groups in total. The first-order valence-electron chi connectivity index (χ1n) is 10.0. The van der Waals surface area contributed by atoms with Crippen LogP contribution in [-0.4, -0.2) is 17.4 Å². The van der Waals surface area contributed by atoms with Crippen molar-refractivity contribution in [1.82, 2.24) is 4.90 Å². The van der Waals surface area contributed by atoms with Crippen LogP contribution in [0.5, 0.6) is 11.5 Å². The number of carbonyl (C=O) groups is 1. The van der Waals surface area contributed by atoms with E-state index in [1.807, 2.05) is 49.4 Å². The quantitative estimate of drug-likeness (QED) is 0.341. The van der Waals surface area contributed by atoms with Gasteiger partial charge in [0.2, 0.25) is 5.78 Å². The molecule has 162 valence electrons. The molecule has 3 aromatic rings. The molecule has 0 radical (unpaired) electrons. The van der Waals surface area contributed by atoms with Gasteiger partial charge in [0.15, 0.2) is 5.76 Å². The minimum atomic E-state index is -0.125. The highest BCUT2D eigenvalue weighted by Crippen LogP contribution is 2.43. The Kier molecular flexibility index (Phi) is 5.76. The fourth-order valence-electron chi connectivity index (χ4n) is 4.02. The van der Waals surface area contributed by atoms with Crippen LogP contribution < -0.4 is 9.47 Å². The fraction of sp³-hybridized carbons (Fsp3) is 0.160. The van der Waals surface area contributed by atoms with Gasteiger partial charge >= 0.3 is 0 Å². The molecule has 0 amide bonds. The van der Waals surface area contributed by atoms with E-state index in [4.69, 9.17) is 32.7 Å². The average Bonchev–Trinajstić information content (AvgIpc) is 3.08. The van der Waals surface area contributed by atoms with Crippen molar-refractivity contribution < 1.29 is 14.3 Å². The summed E-state index contributed by atoms with van der Waals surface area (Å²) in [6.07, 6.45) is 1.76. The molecular formula is C25H18BrCl2NO3. The standard InChI is InChI=1S/C25H18BrCl2NO3/c1-14-24-17(12-29(13-31-24)11-16-6-7-18(27)10-21(16)28)8-19-23(30)22(32-25(14)19)9-15-4-2-3-5-20(15)26/h2-10H,11-13H2,1H3/b22-9-. The number of Topliss-reactive ketones (excluding diaryl/α,β-unsaturated/α-hetero) is 1. The number of nitrogens with zero attached hydrogens (tertiary/aromatic N) is 1. The first-order chi connectivity index (χ1) is 15.4. The molecule has 0 spiro atoms. The summed E-state index contributed by atoms with van der Waals surface area (Å²) in [5.41, 5.74) is 4.21. The van der Waals surface area contributed by atoms with E-state index in [2.05, 4.69) is 20.8 Å². The highest BCUT2D eigenvalue weighted by Gasteiger charge is 2.33. The third-order valence-corrected chi connectivity index (χ3v) is 6.91. The second kappa shape index (κ2) is 8.56. The van der Waals surface area contributed by atoms with Crippen LogP contribution in [0.1, 0.15) is 32.6 Å². The molecule has 3 aromatic carbocycles. The normalized spacial score (nSPS) is 16.5. The van der Waals surface area contributed by atoms with E-state index in [0.29, 0.717) is 46.9 Å². The summed E-state index contributed by atoms with van der Waals surface area (Å²) >= 11 is 15.9. The summed E-state index contributed by atoms with van der Waals surface area (Å²) in [4.78, 5) is 15.2. The fourth-order valence-corrected chi connectivity index (χ4v) is 4.89. The number of rotatable bonds is 3. The lowest BCUT2D eigenvalue weighted by Gasteiger charge is -2.30. The number of hydrogen-bond donors (Lipinski definition) is 0. The van der Waals surface area contributed by atoms with Gasteiger partial charge in [-0.2, -0.15) is 0 Å². The first-order valence-corrected chi connectivity index (χ1v) is 11.6. The van der Waals surface area contributed by atoms with Gasteiger partial charge in [0.25, 0.3) is 0 Å². The number of halogens is 3. The number of ketones is 1. The van der Waals surface area contributed by atoms with Gasteiger partial charge in [-0.1, -0.05) is 63.4 Å². The van der Waals surface area contributed by atoms with Crippen molar-refractivity contribution in [3.05, 3.63) is 96.6 Å². The van der Waals surface area contributed by atoms with E-state index in [1.165, 1.54) is 0 Å². The minimum absolute atomic E-state index is 0.125. The topological polar surface area (TPSA) is 38.8 Å². The van der Waals surface area contributed by atoms with Crippen LogP contribution >= 0.6 is 39.1 Å². The maximum atomic E-state index is 13.1. The second-order valence-electron chi connectivity index (χ2n) is 7.82. The highest BCUT2D eigenvalue weighted by atomic mass is 79.9. The zero-order valence-corrected chi connectivity index (χ0v) is 20.2. The first kappa shape index (κ1) is 21.5. The van der Waals surface area contributed by atoms with Crippen LogP contribution in [0.2, 0.25) is 10.0 Å². The summed E-state index contributed by atoms with van der Waals surface area (Å²) in [5, 5.41) is 1.23. The van der Waals surface area contributed by atoms with Gasteiger partial charge < -0.3 is 9.47 Å². The maximum absolute atomic E-state index is 13.1. The van der Waals surface area contributed by atoms with Crippen molar-refractivity contribution >= 4 is 51.0 Å². The van der Waals surface area contributed by atoms with Crippen LogP contribution in [0.3, 0.4) is 0 Å². The molecule has 0 aromatic heterocycles. The van der Waals surface area contributed by atoms with E-state index in [-0.39, 0.29) is 5.78 Å². The summed E-state index contributed by atoms with van der Waals surface area (Å²) in [7, 11) is 0. The van der Waals surface area contributed by atoms with E-state index in [1.54, 1.807) is 12.1 Å². The van der Waals surface area contributed by atoms with Crippen LogP contribution in [0.25, 0.3) is 6.08 Å². The van der Waals surface area contributed by atoms with Crippen LogP contribution in [0, 0.1) is 6.92 Å². The van der Waals surface area contributed by atoms with Gasteiger partial charge in [-0.05, 0) is 48.4 Å².